The van der Waals surface area contributed by atoms with Gasteiger partial charge in [0, 0.05) is 17.6 Å². The van der Waals surface area contributed by atoms with Gasteiger partial charge < -0.3 is 10.3 Å². The summed E-state index contributed by atoms with van der Waals surface area (Å²) in [6.07, 6.45) is 0. The zero-order valence-corrected chi connectivity index (χ0v) is 15.1. The van der Waals surface area contributed by atoms with Gasteiger partial charge in [0.05, 0.1) is 5.25 Å². The van der Waals surface area contributed by atoms with Gasteiger partial charge in [0.1, 0.15) is 0 Å². The number of carbonyl (C=O) groups excluding carboxylic acids is 2. The number of thioether (sulfide) groups is 1. The zero-order chi connectivity index (χ0) is 17.9. The predicted molar refractivity (Wildman–Crippen MR) is 93.7 cm³/mol. The first kappa shape index (κ1) is 18.3. The van der Waals surface area contributed by atoms with E-state index in [1.807, 2.05) is 33.0 Å². The van der Waals surface area contributed by atoms with Gasteiger partial charge in [-0.3, -0.25) is 10.1 Å². The molecule has 1 atom stereocenters. The molecule has 2 rings (SSSR count). The van der Waals surface area contributed by atoms with E-state index < -0.39 is 17.2 Å². The van der Waals surface area contributed by atoms with E-state index in [9.17, 15) is 9.59 Å². The number of benzene rings is 1. The predicted octanol–water partition coefficient (Wildman–Crippen LogP) is 2.45. The van der Waals surface area contributed by atoms with Gasteiger partial charge in [-0.2, -0.15) is 0 Å². The molecule has 0 aliphatic rings. The van der Waals surface area contributed by atoms with Crippen LogP contribution in [-0.4, -0.2) is 32.0 Å². The van der Waals surface area contributed by atoms with Gasteiger partial charge in [-0.25, -0.2) is 4.79 Å². The van der Waals surface area contributed by atoms with Crippen molar-refractivity contribution in [2.45, 2.75) is 24.3 Å². The number of halogens is 1. The molecule has 1 heterocycles. The van der Waals surface area contributed by atoms with E-state index in [0.29, 0.717) is 16.0 Å². The number of nitrogens with zero attached hydrogens (tertiary/aromatic N) is 3. The number of amides is 3. The van der Waals surface area contributed by atoms with Crippen molar-refractivity contribution in [2.75, 3.05) is 0 Å². The first-order chi connectivity index (χ1) is 11.3. The van der Waals surface area contributed by atoms with Gasteiger partial charge in [0.25, 0.3) is 0 Å². The molecule has 1 unspecified atom stereocenters. The fourth-order valence-corrected chi connectivity index (χ4v) is 3.19. The van der Waals surface area contributed by atoms with Gasteiger partial charge in [-0.05, 0) is 30.2 Å². The molecule has 3 amide bonds. The highest BCUT2D eigenvalue weighted by Gasteiger charge is 2.27. The summed E-state index contributed by atoms with van der Waals surface area (Å²) in [5.41, 5.74) is 5.89. The number of imide groups is 1. The molecule has 7 nitrogen and oxygen atoms in total. The van der Waals surface area contributed by atoms with E-state index in [1.54, 1.807) is 16.7 Å². The van der Waals surface area contributed by atoms with Crippen molar-refractivity contribution >= 4 is 35.3 Å². The molecule has 0 aliphatic carbocycles. The maximum atomic E-state index is 12.1. The second-order valence-corrected chi connectivity index (χ2v) is 7.05. The van der Waals surface area contributed by atoms with E-state index in [0.717, 1.165) is 5.56 Å². The SMILES string of the molecule is CC(C)C(Sc1nnc(-c2ccc(Cl)cc2)n1C)C(=O)NC(N)=O. The molecule has 0 spiro atoms. The van der Waals surface area contributed by atoms with Crippen molar-refractivity contribution in [1.29, 1.82) is 0 Å². The first-order valence-corrected chi connectivity index (χ1v) is 8.47. The van der Waals surface area contributed by atoms with E-state index >= 15 is 0 Å². The van der Waals surface area contributed by atoms with E-state index in [2.05, 4.69) is 15.5 Å². The molecule has 0 aliphatic heterocycles. The number of hydrogen-bond donors (Lipinski definition) is 2. The van der Waals surface area contributed by atoms with Gasteiger partial charge in [-0.15, -0.1) is 10.2 Å². The lowest BCUT2D eigenvalue weighted by Gasteiger charge is -2.18. The van der Waals surface area contributed by atoms with E-state index in [-0.39, 0.29) is 5.92 Å². The molecule has 2 aromatic rings. The summed E-state index contributed by atoms with van der Waals surface area (Å²) in [7, 11) is 1.82. The van der Waals surface area contributed by atoms with Crippen molar-refractivity contribution in [2.24, 2.45) is 18.7 Å². The van der Waals surface area contributed by atoms with Crippen LogP contribution in [0.4, 0.5) is 4.79 Å². The minimum atomic E-state index is -0.869. The molecule has 128 valence electrons. The summed E-state index contributed by atoms with van der Waals surface area (Å²) in [6.45, 7) is 3.77. The Morgan fingerprint density at radius 3 is 2.42 bits per heavy atom. The molecule has 0 saturated heterocycles. The minimum Gasteiger partial charge on any atom is -0.351 e. The van der Waals surface area contributed by atoms with Crippen LogP contribution in [0.2, 0.25) is 5.02 Å². The first-order valence-electron chi connectivity index (χ1n) is 7.22. The molecule has 24 heavy (non-hydrogen) atoms. The fourth-order valence-electron chi connectivity index (χ4n) is 2.07. The Morgan fingerprint density at radius 1 is 1.25 bits per heavy atom. The Labute approximate surface area is 149 Å². The molecule has 0 bridgehead atoms. The third-order valence-corrected chi connectivity index (χ3v) is 5.11. The third-order valence-electron chi connectivity index (χ3n) is 3.28. The molecule has 1 aromatic heterocycles. The highest BCUT2D eigenvalue weighted by molar-refractivity contribution is 8.00. The molecule has 3 N–H and O–H groups in total. The van der Waals surface area contributed by atoms with Crippen LogP contribution in [0.25, 0.3) is 11.4 Å². The summed E-state index contributed by atoms with van der Waals surface area (Å²) in [6, 6.07) is 6.37. The Morgan fingerprint density at radius 2 is 1.88 bits per heavy atom. The monoisotopic (exact) mass is 367 g/mol. The average Bonchev–Trinajstić information content (AvgIpc) is 2.85. The maximum Gasteiger partial charge on any atom is 0.318 e. The normalized spacial score (nSPS) is 12.2. The quantitative estimate of drug-likeness (QED) is 0.790. The lowest BCUT2D eigenvalue weighted by Crippen LogP contribution is -2.42. The summed E-state index contributed by atoms with van der Waals surface area (Å²) in [5.74, 6) is 0.190. The van der Waals surface area contributed by atoms with Crippen molar-refractivity contribution in [3.05, 3.63) is 29.3 Å². The largest absolute Gasteiger partial charge is 0.351 e. The Hall–Kier alpha value is -2.06. The molecule has 1 aromatic carbocycles. The number of nitrogens with two attached hydrogens (primary N) is 1. The second kappa shape index (κ2) is 7.67. The van der Waals surface area contributed by atoms with Crippen molar-refractivity contribution in [3.8, 4) is 11.4 Å². The molecule has 0 saturated carbocycles. The Bertz CT molecular complexity index is 745. The third kappa shape index (κ3) is 4.27. The van der Waals surface area contributed by atoms with Crippen LogP contribution in [-0.2, 0) is 11.8 Å². The molecule has 0 radical (unpaired) electrons. The number of aromatic nitrogens is 3. The van der Waals surface area contributed by atoms with Crippen LogP contribution < -0.4 is 11.1 Å². The summed E-state index contributed by atoms with van der Waals surface area (Å²) < 4.78 is 1.79. The smallest absolute Gasteiger partial charge is 0.318 e. The van der Waals surface area contributed by atoms with Crippen molar-refractivity contribution < 1.29 is 9.59 Å². The average molecular weight is 368 g/mol. The second-order valence-electron chi connectivity index (χ2n) is 5.51. The topological polar surface area (TPSA) is 103 Å². The van der Waals surface area contributed by atoms with Crippen LogP contribution in [0.1, 0.15) is 13.8 Å². The van der Waals surface area contributed by atoms with Gasteiger partial charge in [0.15, 0.2) is 11.0 Å². The lowest BCUT2D eigenvalue weighted by molar-refractivity contribution is -0.120. The van der Waals surface area contributed by atoms with Gasteiger partial charge >= 0.3 is 6.03 Å². The highest BCUT2D eigenvalue weighted by atomic mass is 35.5. The van der Waals surface area contributed by atoms with E-state index in [1.165, 1.54) is 11.8 Å². The molecule has 9 heteroatoms. The number of nitrogens with one attached hydrogen (secondary N) is 1. The van der Waals surface area contributed by atoms with Crippen LogP contribution in [0.15, 0.2) is 29.4 Å². The van der Waals surface area contributed by atoms with Crippen molar-refractivity contribution in [1.82, 2.24) is 20.1 Å². The van der Waals surface area contributed by atoms with Gasteiger partial charge in [0.2, 0.25) is 5.91 Å². The van der Waals surface area contributed by atoms with Crippen LogP contribution in [0.3, 0.4) is 0 Å². The van der Waals surface area contributed by atoms with Gasteiger partial charge in [-0.1, -0.05) is 37.2 Å². The molecular weight excluding hydrogens is 350 g/mol. The highest BCUT2D eigenvalue weighted by Crippen LogP contribution is 2.29. The number of primary amides is 1. The molecule has 0 fully saturated rings. The van der Waals surface area contributed by atoms with Crippen LogP contribution in [0.5, 0.6) is 0 Å². The van der Waals surface area contributed by atoms with Crippen LogP contribution >= 0.6 is 23.4 Å². The lowest BCUT2D eigenvalue weighted by atomic mass is 10.1. The Balaban J connectivity index is 2.24. The Kier molecular flexibility index (Phi) is 5.84. The number of urea groups is 1. The summed E-state index contributed by atoms with van der Waals surface area (Å²) >= 11 is 7.13. The minimum absolute atomic E-state index is 0.0231. The van der Waals surface area contributed by atoms with Crippen LogP contribution in [0, 0.1) is 5.92 Å². The number of hydrogen-bond acceptors (Lipinski definition) is 5. The van der Waals surface area contributed by atoms with Crippen molar-refractivity contribution in [3.63, 3.8) is 0 Å². The summed E-state index contributed by atoms with van der Waals surface area (Å²) in [5, 5.41) is 11.1. The summed E-state index contributed by atoms with van der Waals surface area (Å²) in [4.78, 5) is 23.0. The zero-order valence-electron chi connectivity index (χ0n) is 13.5. The standard InChI is InChI=1S/C15H18ClN5O2S/c1-8(2)11(13(22)18-14(17)23)24-15-20-19-12(21(15)3)9-4-6-10(16)7-5-9/h4-8,11H,1-3H3,(H3,17,18,22,23). The number of carbonyl (C=O) groups is 2. The number of rotatable bonds is 5. The van der Waals surface area contributed by atoms with E-state index in [4.69, 9.17) is 17.3 Å². The maximum absolute atomic E-state index is 12.1. The molecular formula is C15H18ClN5O2S. The fraction of sp³-hybridized carbons (Fsp3) is 0.333.